The van der Waals surface area contributed by atoms with Crippen LogP contribution in [0.5, 0.6) is 0 Å². The standard InChI is InChI=1S/C11H11N3O4S3/c1-4-12-13-11(21-4)20-3-5-2-19-9-7(15)8(16)14(9)6(5)10(17)18/h7,9,15H,2-3H2,1H3,(H,17,18)/t7-,9-/m1/s1. The third-order valence-corrected chi connectivity index (χ3v) is 6.48. The molecule has 10 heteroatoms. The van der Waals surface area contributed by atoms with E-state index in [1.54, 1.807) is 0 Å². The summed E-state index contributed by atoms with van der Waals surface area (Å²) in [5.41, 5.74) is 0.671. The van der Waals surface area contributed by atoms with Crippen LogP contribution in [0.2, 0.25) is 0 Å². The van der Waals surface area contributed by atoms with Gasteiger partial charge < -0.3 is 10.2 Å². The zero-order valence-electron chi connectivity index (χ0n) is 10.8. The topological polar surface area (TPSA) is 104 Å². The number of carboxylic acid groups (broad SMARTS) is 1. The molecule has 0 unspecified atom stereocenters. The molecule has 2 aliphatic rings. The van der Waals surface area contributed by atoms with E-state index in [2.05, 4.69) is 10.2 Å². The third kappa shape index (κ3) is 2.56. The van der Waals surface area contributed by atoms with Gasteiger partial charge in [-0.15, -0.1) is 22.0 Å². The van der Waals surface area contributed by atoms with Gasteiger partial charge in [0.2, 0.25) is 0 Å². The molecule has 0 bridgehead atoms. The first-order valence-electron chi connectivity index (χ1n) is 6.00. The summed E-state index contributed by atoms with van der Waals surface area (Å²) in [6.45, 7) is 1.85. The lowest BCUT2D eigenvalue weighted by Crippen LogP contribution is -2.64. The van der Waals surface area contributed by atoms with Crippen LogP contribution in [-0.2, 0) is 9.59 Å². The highest BCUT2D eigenvalue weighted by molar-refractivity contribution is 8.01. The number of carbonyl (C=O) groups excluding carboxylic acids is 1. The van der Waals surface area contributed by atoms with Crippen molar-refractivity contribution in [2.45, 2.75) is 22.7 Å². The van der Waals surface area contributed by atoms with Gasteiger partial charge in [-0.05, 0) is 12.5 Å². The predicted molar refractivity (Wildman–Crippen MR) is 79.1 cm³/mol. The molecule has 0 aliphatic carbocycles. The van der Waals surface area contributed by atoms with E-state index in [4.69, 9.17) is 0 Å². The summed E-state index contributed by atoms with van der Waals surface area (Å²) in [5.74, 6) is -0.753. The fraction of sp³-hybridized carbons (Fsp3) is 0.455. The van der Waals surface area contributed by atoms with Gasteiger partial charge in [0.15, 0.2) is 10.4 Å². The Morgan fingerprint density at radius 1 is 1.52 bits per heavy atom. The number of β-lactam (4-membered cyclic amide) rings is 1. The molecule has 2 atom stereocenters. The van der Waals surface area contributed by atoms with Crippen LogP contribution < -0.4 is 0 Å². The average Bonchev–Trinajstić information content (AvgIpc) is 2.88. The van der Waals surface area contributed by atoms with Gasteiger partial charge in [0, 0.05) is 11.5 Å². The van der Waals surface area contributed by atoms with Gasteiger partial charge in [0.25, 0.3) is 5.91 Å². The number of aliphatic hydroxyl groups is 1. The van der Waals surface area contributed by atoms with E-state index in [-0.39, 0.29) is 5.70 Å². The fourth-order valence-electron chi connectivity index (χ4n) is 2.13. The number of nitrogens with zero attached hydrogens (tertiary/aromatic N) is 3. The maximum absolute atomic E-state index is 11.7. The minimum atomic E-state index is -1.13. The number of aryl methyl sites for hydroxylation is 1. The summed E-state index contributed by atoms with van der Waals surface area (Å²) < 4.78 is 0.770. The number of aliphatic carboxylic acids is 1. The fourth-order valence-corrected chi connectivity index (χ4v) is 5.35. The molecule has 1 amide bonds. The molecule has 3 rings (SSSR count). The van der Waals surface area contributed by atoms with E-state index < -0.39 is 23.4 Å². The van der Waals surface area contributed by atoms with E-state index in [1.165, 1.54) is 39.8 Å². The molecule has 1 aromatic rings. The number of amides is 1. The second-order valence-corrected chi connectivity index (χ2v) is 8.00. The predicted octanol–water partition coefficient (Wildman–Crippen LogP) is 0.553. The molecule has 112 valence electrons. The van der Waals surface area contributed by atoms with Gasteiger partial charge in [-0.2, -0.15) is 0 Å². The first-order chi connectivity index (χ1) is 9.99. The molecule has 2 N–H and O–H groups in total. The minimum Gasteiger partial charge on any atom is -0.477 e. The molecule has 0 spiro atoms. The maximum Gasteiger partial charge on any atom is 0.352 e. The highest BCUT2D eigenvalue weighted by Crippen LogP contribution is 2.41. The first-order valence-corrected chi connectivity index (χ1v) is 8.85. The zero-order valence-corrected chi connectivity index (χ0v) is 13.3. The molecule has 0 aromatic carbocycles. The van der Waals surface area contributed by atoms with Crippen LogP contribution in [0, 0.1) is 6.92 Å². The average molecular weight is 345 g/mol. The Morgan fingerprint density at radius 3 is 2.90 bits per heavy atom. The Balaban J connectivity index is 1.81. The van der Waals surface area contributed by atoms with Crippen LogP contribution in [0.25, 0.3) is 0 Å². The summed E-state index contributed by atoms with van der Waals surface area (Å²) in [6.07, 6.45) is -1.09. The molecule has 21 heavy (non-hydrogen) atoms. The number of carboxylic acids is 1. The summed E-state index contributed by atoms with van der Waals surface area (Å²) in [6, 6.07) is 0. The lowest BCUT2D eigenvalue weighted by atomic mass is 10.1. The lowest BCUT2D eigenvalue weighted by Gasteiger charge is -2.47. The van der Waals surface area contributed by atoms with Crippen LogP contribution in [0.1, 0.15) is 5.01 Å². The van der Waals surface area contributed by atoms with Crippen molar-refractivity contribution in [1.29, 1.82) is 0 Å². The van der Waals surface area contributed by atoms with Crippen molar-refractivity contribution in [3.63, 3.8) is 0 Å². The highest BCUT2D eigenvalue weighted by Gasteiger charge is 2.52. The minimum absolute atomic E-state index is 0.00258. The zero-order chi connectivity index (χ0) is 15.1. The van der Waals surface area contributed by atoms with Crippen molar-refractivity contribution in [3.8, 4) is 0 Å². The van der Waals surface area contributed by atoms with Crippen LogP contribution >= 0.6 is 34.9 Å². The maximum atomic E-state index is 11.7. The van der Waals surface area contributed by atoms with Crippen LogP contribution in [0.4, 0.5) is 0 Å². The third-order valence-electron chi connectivity index (χ3n) is 3.10. The van der Waals surface area contributed by atoms with Crippen LogP contribution in [0.15, 0.2) is 15.6 Å². The van der Waals surface area contributed by atoms with Crippen LogP contribution in [0.3, 0.4) is 0 Å². The van der Waals surface area contributed by atoms with Crippen molar-refractivity contribution < 1.29 is 19.8 Å². The molecule has 1 saturated heterocycles. The first kappa shape index (κ1) is 14.8. The molecule has 0 radical (unpaired) electrons. The van der Waals surface area contributed by atoms with Crippen molar-refractivity contribution in [1.82, 2.24) is 15.1 Å². The van der Waals surface area contributed by atoms with Crippen molar-refractivity contribution in [3.05, 3.63) is 16.3 Å². The Hall–Kier alpha value is -1.10. The van der Waals surface area contributed by atoms with Crippen molar-refractivity contribution in [2.24, 2.45) is 0 Å². The van der Waals surface area contributed by atoms with Gasteiger partial charge in [-0.3, -0.25) is 9.69 Å². The van der Waals surface area contributed by atoms with E-state index in [0.29, 0.717) is 17.1 Å². The summed E-state index contributed by atoms with van der Waals surface area (Å²) in [5, 5.41) is 27.2. The van der Waals surface area contributed by atoms with E-state index in [0.717, 1.165) is 9.35 Å². The van der Waals surface area contributed by atoms with Crippen molar-refractivity contribution in [2.75, 3.05) is 11.5 Å². The summed E-state index contributed by atoms with van der Waals surface area (Å²) >= 11 is 4.24. The highest BCUT2D eigenvalue weighted by atomic mass is 32.2. The van der Waals surface area contributed by atoms with Gasteiger partial charge >= 0.3 is 5.97 Å². The number of hydrogen-bond acceptors (Lipinski definition) is 8. The number of hydrogen-bond donors (Lipinski definition) is 2. The van der Waals surface area contributed by atoms with Crippen LogP contribution in [-0.4, -0.2) is 60.2 Å². The molecular formula is C11H11N3O4S3. The molecule has 2 aliphatic heterocycles. The van der Waals surface area contributed by atoms with E-state index >= 15 is 0 Å². The second kappa shape index (κ2) is 5.59. The summed E-state index contributed by atoms with van der Waals surface area (Å²) in [4.78, 5) is 24.3. The lowest BCUT2D eigenvalue weighted by molar-refractivity contribution is -0.159. The number of fused-ring (bicyclic) bond motifs is 1. The number of rotatable bonds is 4. The monoisotopic (exact) mass is 345 g/mol. The number of carbonyl (C=O) groups is 2. The molecule has 1 aromatic heterocycles. The number of aliphatic hydroxyl groups excluding tert-OH is 1. The van der Waals surface area contributed by atoms with Gasteiger partial charge in [-0.25, -0.2) is 4.79 Å². The smallest absolute Gasteiger partial charge is 0.352 e. The van der Waals surface area contributed by atoms with E-state index in [9.17, 15) is 19.8 Å². The largest absolute Gasteiger partial charge is 0.477 e. The van der Waals surface area contributed by atoms with Gasteiger partial charge in [0.05, 0.1) is 0 Å². The molecular weight excluding hydrogens is 334 g/mol. The number of thioether (sulfide) groups is 2. The number of aromatic nitrogens is 2. The molecule has 7 nitrogen and oxygen atoms in total. The van der Waals surface area contributed by atoms with Crippen molar-refractivity contribution >= 4 is 46.7 Å². The summed E-state index contributed by atoms with van der Waals surface area (Å²) in [7, 11) is 0. The Morgan fingerprint density at radius 2 is 2.29 bits per heavy atom. The Bertz CT molecular complexity index is 644. The quantitative estimate of drug-likeness (QED) is 0.602. The Kier molecular flexibility index (Phi) is 3.95. The molecule has 1 fully saturated rings. The second-order valence-electron chi connectivity index (χ2n) is 4.49. The van der Waals surface area contributed by atoms with Gasteiger partial charge in [-0.1, -0.05) is 23.1 Å². The molecule has 0 saturated carbocycles. The normalized spacial score (nSPS) is 24.9. The SMILES string of the molecule is Cc1nnc(SCC2=C(C(=O)O)N3C(=O)[C@@H](O)[C@H]3SC2)s1. The van der Waals surface area contributed by atoms with E-state index in [1.807, 2.05) is 6.92 Å². The molecule has 3 heterocycles. The Labute approximate surface area is 132 Å². The van der Waals surface area contributed by atoms with Gasteiger partial charge in [0.1, 0.15) is 16.1 Å².